The van der Waals surface area contributed by atoms with E-state index in [1.165, 1.54) is 0 Å². The van der Waals surface area contributed by atoms with Crippen LogP contribution >= 0.6 is 0 Å². The van der Waals surface area contributed by atoms with Gasteiger partial charge in [-0.2, -0.15) is 0 Å². The number of methoxy groups -OCH3 is 1. The Morgan fingerprint density at radius 1 is 1.26 bits per heavy atom. The summed E-state index contributed by atoms with van der Waals surface area (Å²) in [4.78, 5) is 15.8. The number of hydrogen-bond acceptors (Lipinski definition) is 5. The average Bonchev–Trinajstić information content (AvgIpc) is 2.53. The van der Waals surface area contributed by atoms with Crippen LogP contribution in [0.4, 0.5) is 0 Å². The van der Waals surface area contributed by atoms with Crippen molar-refractivity contribution in [1.29, 1.82) is 0 Å². The van der Waals surface area contributed by atoms with Crippen molar-refractivity contribution < 1.29 is 14.3 Å². The Morgan fingerprint density at radius 2 is 1.96 bits per heavy atom. The van der Waals surface area contributed by atoms with Crippen LogP contribution in [0.15, 0.2) is 42.6 Å². The zero-order valence-corrected chi connectivity index (χ0v) is 13.3. The number of benzene rings is 1. The first-order valence-electron chi connectivity index (χ1n) is 7.36. The molecule has 0 fully saturated rings. The number of pyridine rings is 1. The predicted molar refractivity (Wildman–Crippen MR) is 87.4 cm³/mol. The summed E-state index contributed by atoms with van der Waals surface area (Å²) in [7, 11) is 1.61. The van der Waals surface area contributed by atoms with Crippen LogP contribution in [0.3, 0.4) is 0 Å². The molecule has 0 saturated heterocycles. The number of carbonyl (C=O) groups excluding carboxylic acids is 1. The average molecular weight is 315 g/mol. The molecular formula is C17H21N3O3. The molecule has 1 amide bonds. The lowest BCUT2D eigenvalue weighted by Crippen LogP contribution is -2.29. The summed E-state index contributed by atoms with van der Waals surface area (Å²) in [6, 6.07) is 10.7. The van der Waals surface area contributed by atoms with Gasteiger partial charge >= 0.3 is 0 Å². The second-order valence-corrected chi connectivity index (χ2v) is 5.24. The van der Waals surface area contributed by atoms with E-state index in [1.54, 1.807) is 38.4 Å². The smallest absolute Gasteiger partial charge is 0.221 e. The van der Waals surface area contributed by atoms with Crippen LogP contribution in [0.5, 0.6) is 17.4 Å². The van der Waals surface area contributed by atoms with Crippen molar-refractivity contribution in [3.63, 3.8) is 0 Å². The highest BCUT2D eigenvalue weighted by Crippen LogP contribution is 2.22. The fourth-order valence-electron chi connectivity index (χ4n) is 1.95. The normalized spacial score (nSPS) is 11.6. The van der Waals surface area contributed by atoms with Crippen molar-refractivity contribution >= 4 is 5.91 Å². The highest BCUT2D eigenvalue weighted by molar-refractivity contribution is 5.76. The molecule has 1 aromatic carbocycles. The number of amides is 1. The Balaban J connectivity index is 1.94. The Labute approximate surface area is 135 Å². The first kappa shape index (κ1) is 16.8. The Bertz CT molecular complexity index is 642. The number of nitrogens with two attached hydrogens (primary N) is 1. The summed E-state index contributed by atoms with van der Waals surface area (Å²) >= 11 is 0. The monoisotopic (exact) mass is 315 g/mol. The van der Waals surface area contributed by atoms with E-state index in [4.69, 9.17) is 15.2 Å². The molecule has 0 radical (unpaired) electrons. The standard InChI is InChI=1S/C17H21N3O3/c1-12(18)9-16(21)20-11-13-7-8-19-17(10-13)23-15-5-3-14(22-2)4-6-15/h3-8,10,12H,9,11,18H2,1-2H3,(H,20,21). The number of nitrogens with one attached hydrogen (secondary N) is 1. The van der Waals surface area contributed by atoms with Crippen molar-refractivity contribution in [1.82, 2.24) is 10.3 Å². The third kappa shape index (κ3) is 5.60. The molecule has 1 aromatic heterocycles. The van der Waals surface area contributed by atoms with Crippen LogP contribution in [-0.4, -0.2) is 24.0 Å². The van der Waals surface area contributed by atoms with Gasteiger partial charge in [-0.1, -0.05) is 0 Å². The summed E-state index contributed by atoms with van der Waals surface area (Å²) < 4.78 is 10.8. The minimum absolute atomic E-state index is 0.0746. The molecule has 0 aliphatic heterocycles. The quantitative estimate of drug-likeness (QED) is 0.818. The zero-order chi connectivity index (χ0) is 16.7. The maximum absolute atomic E-state index is 11.6. The fourth-order valence-corrected chi connectivity index (χ4v) is 1.95. The van der Waals surface area contributed by atoms with E-state index in [0.29, 0.717) is 24.6 Å². The van der Waals surface area contributed by atoms with E-state index >= 15 is 0 Å². The second-order valence-electron chi connectivity index (χ2n) is 5.24. The van der Waals surface area contributed by atoms with Gasteiger partial charge in [-0.3, -0.25) is 4.79 Å². The number of aromatic nitrogens is 1. The van der Waals surface area contributed by atoms with Crippen molar-refractivity contribution in [2.45, 2.75) is 25.9 Å². The third-order valence-corrected chi connectivity index (χ3v) is 3.08. The van der Waals surface area contributed by atoms with E-state index in [1.807, 2.05) is 18.2 Å². The van der Waals surface area contributed by atoms with Gasteiger partial charge in [0, 0.05) is 31.3 Å². The number of nitrogens with zero attached hydrogens (tertiary/aromatic N) is 1. The van der Waals surface area contributed by atoms with Gasteiger partial charge in [-0.15, -0.1) is 0 Å². The van der Waals surface area contributed by atoms with E-state index in [0.717, 1.165) is 11.3 Å². The lowest BCUT2D eigenvalue weighted by Gasteiger charge is -2.09. The lowest BCUT2D eigenvalue weighted by molar-refractivity contribution is -0.121. The lowest BCUT2D eigenvalue weighted by atomic mass is 10.2. The number of ether oxygens (including phenoxy) is 2. The van der Waals surface area contributed by atoms with E-state index in [9.17, 15) is 4.79 Å². The summed E-state index contributed by atoms with van der Waals surface area (Å²) in [6.45, 7) is 2.21. The molecular weight excluding hydrogens is 294 g/mol. The Hall–Kier alpha value is -2.60. The molecule has 3 N–H and O–H groups in total. The molecule has 0 saturated carbocycles. The van der Waals surface area contributed by atoms with Crippen molar-refractivity contribution in [3.05, 3.63) is 48.2 Å². The molecule has 6 nitrogen and oxygen atoms in total. The van der Waals surface area contributed by atoms with Crippen LogP contribution < -0.4 is 20.5 Å². The molecule has 6 heteroatoms. The van der Waals surface area contributed by atoms with E-state index in [-0.39, 0.29) is 11.9 Å². The molecule has 1 heterocycles. The summed E-state index contributed by atoms with van der Waals surface area (Å²) in [5, 5.41) is 2.82. The van der Waals surface area contributed by atoms with Crippen molar-refractivity contribution in [2.24, 2.45) is 5.73 Å². The second kappa shape index (κ2) is 8.14. The zero-order valence-electron chi connectivity index (χ0n) is 13.3. The van der Waals surface area contributed by atoms with E-state index < -0.39 is 0 Å². The molecule has 122 valence electrons. The summed E-state index contributed by atoms with van der Waals surface area (Å²) in [5.41, 5.74) is 6.50. The molecule has 2 rings (SSSR count). The van der Waals surface area contributed by atoms with Gasteiger partial charge in [0.1, 0.15) is 11.5 Å². The first-order chi connectivity index (χ1) is 11.1. The SMILES string of the molecule is COc1ccc(Oc2cc(CNC(=O)CC(C)N)ccn2)cc1. The molecule has 0 spiro atoms. The van der Waals surface area contributed by atoms with Gasteiger partial charge in [0.15, 0.2) is 0 Å². The molecule has 1 atom stereocenters. The third-order valence-electron chi connectivity index (χ3n) is 3.08. The molecule has 1 unspecified atom stereocenters. The van der Waals surface area contributed by atoms with Gasteiger partial charge in [0.25, 0.3) is 0 Å². The maximum Gasteiger partial charge on any atom is 0.221 e. The van der Waals surface area contributed by atoms with Crippen LogP contribution in [-0.2, 0) is 11.3 Å². The molecule has 23 heavy (non-hydrogen) atoms. The van der Waals surface area contributed by atoms with Crippen molar-refractivity contribution in [3.8, 4) is 17.4 Å². The Morgan fingerprint density at radius 3 is 2.61 bits per heavy atom. The fraction of sp³-hybridized carbons (Fsp3) is 0.294. The van der Waals surface area contributed by atoms with Gasteiger partial charge in [-0.05, 0) is 42.8 Å². The van der Waals surface area contributed by atoms with Crippen LogP contribution in [0.2, 0.25) is 0 Å². The van der Waals surface area contributed by atoms with Gasteiger partial charge in [-0.25, -0.2) is 4.98 Å². The highest BCUT2D eigenvalue weighted by atomic mass is 16.5. The summed E-state index contributed by atoms with van der Waals surface area (Å²) in [6.07, 6.45) is 1.95. The minimum Gasteiger partial charge on any atom is -0.497 e. The first-order valence-corrected chi connectivity index (χ1v) is 7.36. The van der Waals surface area contributed by atoms with Gasteiger partial charge in [0.2, 0.25) is 11.8 Å². The van der Waals surface area contributed by atoms with Gasteiger partial charge in [0.05, 0.1) is 7.11 Å². The summed E-state index contributed by atoms with van der Waals surface area (Å²) in [5.74, 6) is 1.82. The maximum atomic E-state index is 11.6. The Kier molecular flexibility index (Phi) is 5.94. The predicted octanol–water partition coefficient (Wildman–Crippen LogP) is 2.24. The number of carbonyl (C=O) groups is 1. The largest absolute Gasteiger partial charge is 0.497 e. The van der Waals surface area contributed by atoms with E-state index in [2.05, 4.69) is 10.3 Å². The molecule has 0 bridgehead atoms. The minimum atomic E-state index is -0.151. The van der Waals surface area contributed by atoms with Crippen LogP contribution in [0.25, 0.3) is 0 Å². The number of rotatable bonds is 7. The van der Waals surface area contributed by atoms with Crippen LogP contribution in [0, 0.1) is 0 Å². The van der Waals surface area contributed by atoms with Crippen molar-refractivity contribution in [2.75, 3.05) is 7.11 Å². The topological polar surface area (TPSA) is 86.5 Å². The van der Waals surface area contributed by atoms with Gasteiger partial charge < -0.3 is 20.5 Å². The molecule has 0 aliphatic rings. The molecule has 0 aliphatic carbocycles. The molecule has 2 aromatic rings. The highest BCUT2D eigenvalue weighted by Gasteiger charge is 2.06. The van der Waals surface area contributed by atoms with Crippen LogP contribution in [0.1, 0.15) is 18.9 Å². The number of hydrogen-bond donors (Lipinski definition) is 2.